The van der Waals surface area contributed by atoms with Gasteiger partial charge in [-0.2, -0.15) is 8.78 Å². The molecule has 0 heterocycles. The van der Waals surface area contributed by atoms with E-state index >= 15 is 0 Å². The van der Waals surface area contributed by atoms with Crippen molar-refractivity contribution in [2.45, 2.75) is 13.2 Å². The lowest BCUT2D eigenvalue weighted by Crippen LogP contribution is -2.05. The van der Waals surface area contributed by atoms with Crippen LogP contribution in [0.2, 0.25) is 5.02 Å². The van der Waals surface area contributed by atoms with E-state index in [0.717, 1.165) is 0 Å². The highest BCUT2D eigenvalue weighted by Gasteiger charge is 2.12. The smallest absolute Gasteiger partial charge is 0.387 e. The Kier molecular flexibility index (Phi) is 3.45. The van der Waals surface area contributed by atoms with Gasteiger partial charge in [0.15, 0.2) is 0 Å². The number of halogens is 3. The molecule has 0 unspecified atom stereocenters. The van der Waals surface area contributed by atoms with Crippen LogP contribution in [0.3, 0.4) is 0 Å². The van der Waals surface area contributed by atoms with Gasteiger partial charge in [0.05, 0.1) is 11.6 Å². The van der Waals surface area contributed by atoms with Crippen LogP contribution in [0.15, 0.2) is 18.2 Å². The predicted molar refractivity (Wildman–Crippen MR) is 44.0 cm³/mol. The van der Waals surface area contributed by atoms with Crippen molar-refractivity contribution in [2.75, 3.05) is 0 Å². The molecule has 72 valence electrons. The Balaban J connectivity index is 3.00. The molecule has 13 heavy (non-hydrogen) atoms. The molecule has 0 aliphatic rings. The summed E-state index contributed by atoms with van der Waals surface area (Å²) in [6, 6.07) is 4.42. The summed E-state index contributed by atoms with van der Waals surface area (Å²) in [6.45, 7) is -3.33. The summed E-state index contributed by atoms with van der Waals surface area (Å²) in [7, 11) is 0. The zero-order chi connectivity index (χ0) is 9.84. The van der Waals surface area contributed by atoms with E-state index in [0.29, 0.717) is 0 Å². The highest BCUT2D eigenvalue weighted by atomic mass is 35.5. The number of ether oxygens (including phenoxy) is 1. The van der Waals surface area contributed by atoms with Gasteiger partial charge in [0.25, 0.3) is 0 Å². The maximum atomic E-state index is 11.9. The molecule has 5 heteroatoms. The van der Waals surface area contributed by atoms with Crippen LogP contribution in [-0.2, 0) is 6.61 Å². The second-order valence-electron chi connectivity index (χ2n) is 2.26. The highest BCUT2D eigenvalue weighted by Crippen LogP contribution is 2.29. The first kappa shape index (κ1) is 10.2. The van der Waals surface area contributed by atoms with E-state index in [2.05, 4.69) is 4.74 Å². The summed E-state index contributed by atoms with van der Waals surface area (Å²) in [4.78, 5) is 0. The third-order valence-electron chi connectivity index (χ3n) is 1.43. The van der Waals surface area contributed by atoms with Crippen molar-refractivity contribution in [1.82, 2.24) is 0 Å². The number of alkyl halides is 2. The molecule has 0 aliphatic carbocycles. The maximum Gasteiger partial charge on any atom is 0.387 e. The maximum absolute atomic E-state index is 11.9. The van der Waals surface area contributed by atoms with Crippen LogP contribution in [0.25, 0.3) is 0 Å². The molecular weight excluding hydrogens is 202 g/mol. The third-order valence-corrected chi connectivity index (χ3v) is 1.72. The summed E-state index contributed by atoms with van der Waals surface area (Å²) >= 11 is 5.58. The second-order valence-corrected chi connectivity index (χ2v) is 2.67. The van der Waals surface area contributed by atoms with Crippen LogP contribution in [0.5, 0.6) is 5.75 Å². The lowest BCUT2D eigenvalue weighted by atomic mass is 10.2. The molecule has 2 nitrogen and oxygen atoms in total. The fourth-order valence-corrected chi connectivity index (χ4v) is 1.14. The molecule has 1 N–H and O–H groups in total. The van der Waals surface area contributed by atoms with Crippen molar-refractivity contribution in [1.29, 1.82) is 0 Å². The van der Waals surface area contributed by atoms with Gasteiger partial charge in [0.2, 0.25) is 0 Å². The molecule has 0 spiro atoms. The Hall–Kier alpha value is -0.870. The molecule has 0 aliphatic heterocycles. The standard InChI is InChI=1S/C8H7ClF2O2/c9-6-3-1-2-5(4-12)7(6)13-8(10)11/h1-3,8,12H,4H2. The molecule has 1 aromatic carbocycles. The number of aliphatic hydroxyl groups is 1. The van der Waals surface area contributed by atoms with Gasteiger partial charge >= 0.3 is 6.61 Å². The normalized spacial score (nSPS) is 10.5. The van der Waals surface area contributed by atoms with Crippen LogP contribution >= 0.6 is 11.6 Å². The van der Waals surface area contributed by atoms with Crippen LogP contribution in [0.1, 0.15) is 5.56 Å². The summed E-state index contributed by atoms with van der Waals surface area (Å²) in [6.07, 6.45) is 0. The van der Waals surface area contributed by atoms with Gasteiger partial charge in [-0.15, -0.1) is 0 Å². The van der Waals surface area contributed by atoms with Crippen LogP contribution < -0.4 is 4.74 Å². The molecule has 1 rings (SSSR count). The van der Waals surface area contributed by atoms with E-state index in [9.17, 15) is 8.78 Å². The van der Waals surface area contributed by atoms with E-state index in [1.807, 2.05) is 0 Å². The Bertz CT molecular complexity index is 291. The van der Waals surface area contributed by atoms with E-state index < -0.39 is 6.61 Å². The van der Waals surface area contributed by atoms with Crippen molar-refractivity contribution >= 4 is 11.6 Å². The molecule has 0 saturated heterocycles. The average Bonchev–Trinajstić information content (AvgIpc) is 2.08. The number of benzene rings is 1. The highest BCUT2D eigenvalue weighted by molar-refractivity contribution is 6.32. The number of hydrogen-bond donors (Lipinski definition) is 1. The second kappa shape index (κ2) is 4.39. The first-order valence-corrected chi connectivity index (χ1v) is 3.86. The van der Waals surface area contributed by atoms with Crippen LogP contribution in [0, 0.1) is 0 Å². The summed E-state index contributed by atoms with van der Waals surface area (Å²) in [5, 5.41) is 8.83. The van der Waals surface area contributed by atoms with Gasteiger partial charge in [-0.1, -0.05) is 23.7 Å². The van der Waals surface area contributed by atoms with Gasteiger partial charge in [-0.05, 0) is 6.07 Å². The molecule has 1 aromatic rings. The first-order chi connectivity index (χ1) is 6.15. The molecular formula is C8H7ClF2O2. The summed E-state index contributed by atoms with van der Waals surface area (Å²) < 4.78 is 27.9. The van der Waals surface area contributed by atoms with Crippen molar-refractivity contribution in [3.8, 4) is 5.75 Å². The molecule has 0 bridgehead atoms. The average molecular weight is 209 g/mol. The molecule has 0 radical (unpaired) electrons. The Morgan fingerprint density at radius 2 is 2.15 bits per heavy atom. The van der Waals surface area contributed by atoms with Gasteiger partial charge in [-0.3, -0.25) is 0 Å². The lowest BCUT2D eigenvalue weighted by Gasteiger charge is -2.09. The third kappa shape index (κ3) is 2.54. The summed E-state index contributed by atoms with van der Waals surface area (Å²) in [5.74, 6) is -0.165. The van der Waals surface area contributed by atoms with Crippen molar-refractivity contribution < 1.29 is 18.6 Å². The van der Waals surface area contributed by atoms with E-state index in [1.165, 1.54) is 12.1 Å². The van der Waals surface area contributed by atoms with Crippen molar-refractivity contribution in [2.24, 2.45) is 0 Å². The molecule has 0 saturated carbocycles. The van der Waals surface area contributed by atoms with Gasteiger partial charge in [-0.25, -0.2) is 0 Å². The molecule has 0 amide bonds. The molecule has 0 aromatic heterocycles. The number of para-hydroxylation sites is 1. The molecule has 0 atom stereocenters. The number of rotatable bonds is 3. The lowest BCUT2D eigenvalue weighted by molar-refractivity contribution is -0.0508. The van der Waals surface area contributed by atoms with E-state index in [1.54, 1.807) is 6.07 Å². The minimum absolute atomic E-state index is 0.0619. The van der Waals surface area contributed by atoms with Crippen LogP contribution in [-0.4, -0.2) is 11.7 Å². The minimum atomic E-state index is -2.94. The molecule has 0 fully saturated rings. The van der Waals surface area contributed by atoms with Crippen LogP contribution in [0.4, 0.5) is 8.78 Å². The fraction of sp³-hybridized carbons (Fsp3) is 0.250. The summed E-state index contributed by atoms with van der Waals surface area (Å²) in [5.41, 5.74) is 0.243. The zero-order valence-corrected chi connectivity index (χ0v) is 7.26. The van der Waals surface area contributed by atoms with E-state index in [-0.39, 0.29) is 22.9 Å². The van der Waals surface area contributed by atoms with Crippen molar-refractivity contribution in [3.05, 3.63) is 28.8 Å². The van der Waals surface area contributed by atoms with Gasteiger partial charge in [0, 0.05) is 5.56 Å². The quantitative estimate of drug-likeness (QED) is 0.827. The predicted octanol–water partition coefficient (Wildman–Crippen LogP) is 2.43. The Morgan fingerprint density at radius 3 is 2.69 bits per heavy atom. The first-order valence-electron chi connectivity index (χ1n) is 3.48. The topological polar surface area (TPSA) is 29.5 Å². The van der Waals surface area contributed by atoms with E-state index in [4.69, 9.17) is 16.7 Å². The Labute approximate surface area is 78.7 Å². The van der Waals surface area contributed by atoms with Gasteiger partial charge < -0.3 is 9.84 Å². The zero-order valence-electron chi connectivity index (χ0n) is 6.51. The largest absolute Gasteiger partial charge is 0.433 e. The monoisotopic (exact) mass is 208 g/mol. The van der Waals surface area contributed by atoms with Gasteiger partial charge in [0.1, 0.15) is 5.75 Å². The number of hydrogen-bond acceptors (Lipinski definition) is 2. The SMILES string of the molecule is OCc1cccc(Cl)c1OC(F)F. The van der Waals surface area contributed by atoms with Crippen molar-refractivity contribution in [3.63, 3.8) is 0 Å². The fourth-order valence-electron chi connectivity index (χ4n) is 0.899. The number of aliphatic hydroxyl groups excluding tert-OH is 1. The minimum Gasteiger partial charge on any atom is -0.433 e. The Morgan fingerprint density at radius 1 is 1.46 bits per heavy atom.